The number of nitrogens with zero attached hydrogens (tertiary/aromatic N) is 1. The first-order chi connectivity index (χ1) is 18.7. The van der Waals surface area contributed by atoms with Crippen LogP contribution < -0.4 is 4.74 Å². The average Bonchev–Trinajstić information content (AvgIpc) is 2.93. The van der Waals surface area contributed by atoms with Gasteiger partial charge in [-0.25, -0.2) is 8.42 Å². The van der Waals surface area contributed by atoms with Gasteiger partial charge in [-0.1, -0.05) is 97.4 Å². The molecule has 0 N–H and O–H groups in total. The Hall–Kier alpha value is -3.67. The quantitative estimate of drug-likeness (QED) is 0.193. The highest BCUT2D eigenvalue weighted by Gasteiger charge is 2.25. The summed E-state index contributed by atoms with van der Waals surface area (Å²) in [6.45, 7) is 5.41. The van der Waals surface area contributed by atoms with Crippen molar-refractivity contribution in [3.8, 4) is 5.75 Å². The van der Waals surface area contributed by atoms with Gasteiger partial charge in [0.05, 0.1) is 10.6 Å². The van der Waals surface area contributed by atoms with Crippen molar-refractivity contribution >= 4 is 21.0 Å². The first-order valence-corrected chi connectivity index (χ1v) is 14.9. The molecule has 5 heteroatoms. The predicted octanol–water partition coefficient (Wildman–Crippen LogP) is 7.00. The molecule has 0 aliphatic carbocycles. The molecule has 0 aliphatic heterocycles. The van der Waals surface area contributed by atoms with E-state index in [0.717, 1.165) is 45.7 Å². The van der Waals surface area contributed by atoms with Crippen molar-refractivity contribution in [2.45, 2.75) is 18.7 Å². The van der Waals surface area contributed by atoms with Gasteiger partial charge in [-0.15, -0.1) is 0 Å². The van der Waals surface area contributed by atoms with Crippen LogP contribution >= 0.6 is 0 Å². The Morgan fingerprint density at radius 3 is 1.85 bits per heavy atom. The topological polar surface area (TPSA) is 46.6 Å². The Labute approximate surface area is 233 Å². The molecular weight excluding hydrogens is 502 g/mol. The van der Waals surface area contributed by atoms with Gasteiger partial charge in [0.25, 0.3) is 0 Å². The number of benzene rings is 4. The van der Waals surface area contributed by atoms with Crippen molar-refractivity contribution in [1.82, 2.24) is 4.90 Å². The molecule has 4 rings (SSSR count). The fraction of sp³-hybridized carbons (Fsp3) is 0.235. The van der Waals surface area contributed by atoms with Gasteiger partial charge in [-0.3, -0.25) is 0 Å². The van der Waals surface area contributed by atoms with Gasteiger partial charge in [0.2, 0.25) is 0 Å². The molecule has 0 aromatic heterocycles. The predicted molar refractivity (Wildman–Crippen MR) is 162 cm³/mol. The van der Waals surface area contributed by atoms with Crippen LogP contribution in [0.25, 0.3) is 11.1 Å². The lowest BCUT2D eigenvalue weighted by Gasteiger charge is -2.23. The van der Waals surface area contributed by atoms with E-state index in [2.05, 4.69) is 41.3 Å². The Kier molecular flexibility index (Phi) is 9.39. The number of hydrogen-bond donors (Lipinski definition) is 0. The fourth-order valence-corrected chi connectivity index (χ4v) is 6.26. The van der Waals surface area contributed by atoms with E-state index >= 15 is 0 Å². The van der Waals surface area contributed by atoms with Crippen LogP contribution in [-0.2, 0) is 9.84 Å². The summed E-state index contributed by atoms with van der Waals surface area (Å²) in [5, 5.41) is 0. The van der Waals surface area contributed by atoms with Gasteiger partial charge < -0.3 is 9.64 Å². The standard InChI is InChI=1S/C34H37NO3S/c1-26-15-21-32(22-16-26)39(36,37)25-27(2)33(28-11-7-5-8-12-28)34(29-13-9-6-10-14-29)30-17-19-31(20-18-30)38-24-23-35(3)4/h5-22,27H,23-25H2,1-4H3/b34-33-. The lowest BCUT2D eigenvalue weighted by atomic mass is 9.84. The van der Waals surface area contributed by atoms with E-state index in [-0.39, 0.29) is 11.7 Å². The van der Waals surface area contributed by atoms with Crippen LogP contribution in [0.4, 0.5) is 0 Å². The molecule has 0 heterocycles. The Morgan fingerprint density at radius 1 is 0.744 bits per heavy atom. The Bertz CT molecular complexity index is 1480. The van der Waals surface area contributed by atoms with Crippen molar-refractivity contribution < 1.29 is 13.2 Å². The smallest absolute Gasteiger partial charge is 0.178 e. The second-order valence-corrected chi connectivity index (χ2v) is 12.2. The van der Waals surface area contributed by atoms with Gasteiger partial charge in [0.15, 0.2) is 9.84 Å². The summed E-state index contributed by atoms with van der Waals surface area (Å²) in [5.41, 5.74) is 6.12. The molecule has 1 unspecified atom stereocenters. The summed E-state index contributed by atoms with van der Waals surface area (Å²) in [6, 6.07) is 35.5. The largest absolute Gasteiger partial charge is 0.492 e. The van der Waals surface area contributed by atoms with Gasteiger partial charge in [-0.05, 0) is 79.0 Å². The van der Waals surface area contributed by atoms with E-state index < -0.39 is 9.84 Å². The summed E-state index contributed by atoms with van der Waals surface area (Å²) in [5.74, 6) is 0.539. The molecule has 39 heavy (non-hydrogen) atoms. The number of rotatable bonds is 11. The normalized spacial score (nSPS) is 13.2. The number of aryl methyl sites for hydroxylation is 1. The summed E-state index contributed by atoms with van der Waals surface area (Å²) in [7, 11) is 0.536. The highest BCUT2D eigenvalue weighted by molar-refractivity contribution is 7.91. The second kappa shape index (κ2) is 12.9. The highest BCUT2D eigenvalue weighted by atomic mass is 32.2. The molecule has 0 saturated heterocycles. The molecule has 0 saturated carbocycles. The number of sulfone groups is 1. The van der Waals surface area contributed by atoms with Crippen LogP contribution in [0, 0.1) is 12.8 Å². The lowest BCUT2D eigenvalue weighted by Crippen LogP contribution is -2.19. The van der Waals surface area contributed by atoms with Crippen LogP contribution in [0.2, 0.25) is 0 Å². The molecule has 0 spiro atoms. The average molecular weight is 540 g/mol. The molecular formula is C34H37NO3S. The van der Waals surface area contributed by atoms with Gasteiger partial charge in [0.1, 0.15) is 12.4 Å². The summed E-state index contributed by atoms with van der Waals surface area (Å²) in [4.78, 5) is 2.44. The van der Waals surface area contributed by atoms with Crippen molar-refractivity contribution in [1.29, 1.82) is 0 Å². The maximum absolute atomic E-state index is 13.5. The molecule has 0 aliphatic rings. The zero-order chi connectivity index (χ0) is 27.8. The first kappa shape index (κ1) is 28.3. The van der Waals surface area contributed by atoms with Crippen molar-refractivity contribution in [2.24, 2.45) is 5.92 Å². The van der Waals surface area contributed by atoms with Gasteiger partial charge in [-0.2, -0.15) is 0 Å². The lowest BCUT2D eigenvalue weighted by molar-refractivity contribution is 0.261. The van der Waals surface area contributed by atoms with E-state index in [4.69, 9.17) is 4.74 Å². The van der Waals surface area contributed by atoms with Gasteiger partial charge in [0, 0.05) is 6.54 Å². The van der Waals surface area contributed by atoms with Crippen LogP contribution in [-0.4, -0.2) is 46.3 Å². The Balaban J connectivity index is 1.82. The molecule has 4 nitrogen and oxygen atoms in total. The summed E-state index contributed by atoms with van der Waals surface area (Å²) < 4.78 is 33.0. The van der Waals surface area contributed by atoms with E-state index in [1.54, 1.807) is 12.1 Å². The van der Waals surface area contributed by atoms with E-state index in [0.29, 0.717) is 11.5 Å². The minimum atomic E-state index is -3.51. The number of ether oxygens (including phenoxy) is 1. The fourth-order valence-electron chi connectivity index (χ4n) is 4.69. The van der Waals surface area contributed by atoms with Crippen molar-refractivity contribution in [2.75, 3.05) is 33.0 Å². The van der Waals surface area contributed by atoms with Crippen LogP contribution in [0.5, 0.6) is 5.75 Å². The van der Waals surface area contributed by atoms with Crippen LogP contribution in [0.1, 0.15) is 29.2 Å². The molecule has 0 radical (unpaired) electrons. The molecule has 0 amide bonds. The molecule has 0 fully saturated rings. The highest BCUT2D eigenvalue weighted by Crippen LogP contribution is 2.38. The monoisotopic (exact) mass is 539 g/mol. The SMILES string of the molecule is Cc1ccc(S(=O)(=O)CC(C)/C(=C(\c2ccccc2)c2ccc(OCCN(C)C)cc2)c2ccccc2)cc1. The van der Waals surface area contributed by atoms with E-state index in [1.165, 1.54) is 0 Å². The zero-order valence-corrected chi connectivity index (χ0v) is 24.0. The Morgan fingerprint density at radius 2 is 1.28 bits per heavy atom. The minimum Gasteiger partial charge on any atom is -0.492 e. The van der Waals surface area contributed by atoms with E-state index in [1.807, 2.05) is 88.6 Å². The molecule has 1 atom stereocenters. The second-order valence-electron chi connectivity index (χ2n) is 10.2. The summed E-state index contributed by atoms with van der Waals surface area (Å²) >= 11 is 0. The molecule has 4 aromatic carbocycles. The summed E-state index contributed by atoms with van der Waals surface area (Å²) in [6.07, 6.45) is 0. The third-order valence-corrected chi connectivity index (χ3v) is 8.64. The number of hydrogen-bond acceptors (Lipinski definition) is 4. The van der Waals surface area contributed by atoms with Crippen molar-refractivity contribution in [3.63, 3.8) is 0 Å². The van der Waals surface area contributed by atoms with Crippen molar-refractivity contribution in [3.05, 3.63) is 131 Å². The first-order valence-electron chi connectivity index (χ1n) is 13.3. The van der Waals surface area contributed by atoms with Crippen LogP contribution in [0.3, 0.4) is 0 Å². The minimum absolute atomic E-state index is 0.00233. The number of allylic oxidation sites excluding steroid dienone is 1. The molecule has 4 aromatic rings. The zero-order valence-electron chi connectivity index (χ0n) is 23.2. The van der Waals surface area contributed by atoms with E-state index in [9.17, 15) is 8.42 Å². The molecule has 0 bridgehead atoms. The van der Waals surface area contributed by atoms with Crippen LogP contribution in [0.15, 0.2) is 114 Å². The molecule has 202 valence electrons. The maximum Gasteiger partial charge on any atom is 0.178 e. The third kappa shape index (κ3) is 7.47. The third-order valence-electron chi connectivity index (χ3n) is 6.71. The number of likely N-dealkylation sites (N-methyl/N-ethyl adjacent to an activating group) is 1. The maximum atomic E-state index is 13.5. The van der Waals surface area contributed by atoms with Gasteiger partial charge >= 0.3 is 0 Å².